The molecule has 0 amide bonds. The van der Waals surface area contributed by atoms with E-state index >= 15 is 0 Å². The maximum Gasteiger partial charge on any atom is 0.421 e. The van der Waals surface area contributed by atoms with Crippen LogP contribution in [0.2, 0.25) is 0 Å². The van der Waals surface area contributed by atoms with Crippen molar-refractivity contribution in [2.75, 3.05) is 5.73 Å². The number of nitrogen functional groups attached to an aromatic ring is 1. The highest BCUT2D eigenvalue weighted by molar-refractivity contribution is 5.47. The average Bonchev–Trinajstić information content (AvgIpc) is 2.35. The van der Waals surface area contributed by atoms with Crippen LogP contribution in [0.15, 0.2) is 30.5 Å². The summed E-state index contributed by atoms with van der Waals surface area (Å²) < 4.78 is 69.2. The summed E-state index contributed by atoms with van der Waals surface area (Å²) in [5, 5.41) is 0. The molecule has 20 heavy (non-hydrogen) atoms. The maximum absolute atomic E-state index is 13.4. The molecule has 2 rings (SSSR count). The van der Waals surface area contributed by atoms with Gasteiger partial charge in [-0.2, -0.15) is 13.2 Å². The number of benzene rings is 1. The van der Waals surface area contributed by atoms with Crippen molar-refractivity contribution in [1.82, 2.24) is 4.98 Å². The van der Waals surface area contributed by atoms with Gasteiger partial charge in [-0.15, -0.1) is 0 Å². The summed E-state index contributed by atoms with van der Waals surface area (Å²) in [7, 11) is 0. The van der Waals surface area contributed by atoms with Crippen molar-refractivity contribution in [1.29, 1.82) is 0 Å². The number of nitrogens with zero attached hydrogens (tertiary/aromatic N) is 1. The van der Waals surface area contributed by atoms with Crippen LogP contribution in [-0.2, 0) is 6.18 Å². The van der Waals surface area contributed by atoms with E-state index in [1.54, 1.807) is 0 Å². The molecule has 0 bridgehead atoms. The van der Waals surface area contributed by atoms with Crippen LogP contribution in [0.4, 0.5) is 27.6 Å². The molecule has 1 aromatic heterocycles. The number of rotatable bonds is 2. The quantitative estimate of drug-likeness (QED) is 0.677. The Morgan fingerprint density at radius 3 is 2.45 bits per heavy atom. The summed E-state index contributed by atoms with van der Waals surface area (Å²) in [4.78, 5) is 3.39. The van der Waals surface area contributed by atoms with Gasteiger partial charge in [0.05, 0.1) is 5.69 Å². The third-order valence-corrected chi connectivity index (χ3v) is 2.33. The van der Waals surface area contributed by atoms with E-state index in [0.717, 1.165) is 24.4 Å². The van der Waals surface area contributed by atoms with E-state index in [1.807, 2.05) is 0 Å². The summed E-state index contributed by atoms with van der Waals surface area (Å²) >= 11 is 0. The molecule has 2 N–H and O–H groups in total. The molecule has 0 saturated heterocycles. The monoisotopic (exact) mass is 290 g/mol. The molecule has 0 aliphatic carbocycles. The van der Waals surface area contributed by atoms with Crippen LogP contribution in [0, 0.1) is 11.6 Å². The Morgan fingerprint density at radius 2 is 1.80 bits per heavy atom. The van der Waals surface area contributed by atoms with Gasteiger partial charge in [-0.05, 0) is 12.1 Å². The summed E-state index contributed by atoms with van der Waals surface area (Å²) in [6.45, 7) is 0. The second-order valence-corrected chi connectivity index (χ2v) is 3.76. The minimum Gasteiger partial charge on any atom is -0.435 e. The van der Waals surface area contributed by atoms with Crippen molar-refractivity contribution in [3.63, 3.8) is 0 Å². The van der Waals surface area contributed by atoms with E-state index in [-0.39, 0.29) is 0 Å². The van der Waals surface area contributed by atoms with Gasteiger partial charge in [0.15, 0.2) is 11.6 Å². The normalized spacial score (nSPS) is 11.4. The third kappa shape index (κ3) is 2.79. The summed E-state index contributed by atoms with van der Waals surface area (Å²) in [5.41, 5.74) is 3.57. The molecular weight excluding hydrogens is 283 g/mol. The third-order valence-electron chi connectivity index (χ3n) is 2.33. The van der Waals surface area contributed by atoms with Gasteiger partial charge in [-0.1, -0.05) is 0 Å². The van der Waals surface area contributed by atoms with E-state index < -0.39 is 40.7 Å². The standard InChI is InChI=1S/C12H7F5N2O/c13-7-4-8(14)10(5-9(7)18)20-11-6(12(15,16)17)2-1-3-19-11/h1-5H,18H2. The lowest BCUT2D eigenvalue weighted by molar-refractivity contribution is -0.138. The van der Waals surface area contributed by atoms with Gasteiger partial charge in [0, 0.05) is 18.3 Å². The van der Waals surface area contributed by atoms with Crippen molar-refractivity contribution in [3.05, 3.63) is 47.7 Å². The van der Waals surface area contributed by atoms with Gasteiger partial charge < -0.3 is 10.5 Å². The fourth-order valence-corrected chi connectivity index (χ4v) is 1.42. The Bertz CT molecular complexity index is 642. The second kappa shape index (κ2) is 4.95. The molecule has 0 radical (unpaired) electrons. The van der Waals surface area contributed by atoms with Gasteiger partial charge >= 0.3 is 6.18 Å². The number of hydrogen-bond donors (Lipinski definition) is 1. The zero-order valence-corrected chi connectivity index (χ0v) is 9.71. The topological polar surface area (TPSA) is 48.1 Å². The van der Waals surface area contributed by atoms with Crippen molar-refractivity contribution >= 4 is 5.69 Å². The molecular formula is C12H7F5N2O. The molecule has 3 nitrogen and oxygen atoms in total. The minimum absolute atomic E-state index is 0.418. The van der Waals surface area contributed by atoms with E-state index in [0.29, 0.717) is 6.07 Å². The number of aromatic nitrogens is 1. The van der Waals surface area contributed by atoms with Gasteiger partial charge in [-0.25, -0.2) is 13.8 Å². The first-order chi connectivity index (χ1) is 9.29. The SMILES string of the molecule is Nc1cc(Oc2ncccc2C(F)(F)F)c(F)cc1F. The lowest BCUT2D eigenvalue weighted by Gasteiger charge is -2.13. The van der Waals surface area contributed by atoms with E-state index in [2.05, 4.69) is 4.98 Å². The van der Waals surface area contributed by atoms with Crippen LogP contribution < -0.4 is 10.5 Å². The number of anilines is 1. The Labute approximate surface area is 109 Å². The molecule has 0 unspecified atom stereocenters. The fraction of sp³-hybridized carbons (Fsp3) is 0.0833. The van der Waals surface area contributed by atoms with E-state index in [4.69, 9.17) is 10.5 Å². The van der Waals surface area contributed by atoms with Gasteiger partial charge in [-0.3, -0.25) is 0 Å². The number of ether oxygens (including phenoxy) is 1. The Kier molecular flexibility index (Phi) is 3.47. The van der Waals surface area contributed by atoms with Crippen LogP contribution in [-0.4, -0.2) is 4.98 Å². The second-order valence-electron chi connectivity index (χ2n) is 3.76. The summed E-state index contributed by atoms with van der Waals surface area (Å²) in [5.74, 6) is -3.71. The number of nitrogens with two attached hydrogens (primary N) is 1. The lowest BCUT2D eigenvalue weighted by Crippen LogP contribution is -2.08. The number of halogens is 5. The highest BCUT2D eigenvalue weighted by atomic mass is 19.4. The Hall–Kier alpha value is -2.38. The van der Waals surface area contributed by atoms with Crippen LogP contribution >= 0.6 is 0 Å². The highest BCUT2D eigenvalue weighted by Gasteiger charge is 2.35. The maximum atomic E-state index is 13.4. The molecule has 0 fully saturated rings. The van der Waals surface area contributed by atoms with Crippen LogP contribution in [0.1, 0.15) is 5.56 Å². The first-order valence-corrected chi connectivity index (χ1v) is 5.23. The molecule has 0 saturated carbocycles. The predicted octanol–water partition coefficient (Wildman–Crippen LogP) is 3.75. The van der Waals surface area contributed by atoms with Gasteiger partial charge in [0.25, 0.3) is 0 Å². The zero-order valence-electron chi connectivity index (χ0n) is 9.71. The molecule has 1 heterocycles. The van der Waals surface area contributed by atoms with Crippen molar-refractivity contribution in [2.24, 2.45) is 0 Å². The van der Waals surface area contributed by atoms with Gasteiger partial charge in [0.2, 0.25) is 5.88 Å². The lowest BCUT2D eigenvalue weighted by atomic mass is 10.2. The first-order valence-electron chi connectivity index (χ1n) is 5.23. The molecule has 8 heteroatoms. The first kappa shape index (κ1) is 14.0. The number of hydrogen-bond acceptors (Lipinski definition) is 3. The fourth-order valence-electron chi connectivity index (χ4n) is 1.42. The average molecular weight is 290 g/mol. The summed E-state index contributed by atoms with van der Waals surface area (Å²) in [6, 6.07) is 2.96. The highest BCUT2D eigenvalue weighted by Crippen LogP contribution is 2.37. The van der Waals surface area contributed by atoms with Crippen molar-refractivity contribution in [3.8, 4) is 11.6 Å². The van der Waals surface area contributed by atoms with E-state index in [1.165, 1.54) is 0 Å². The van der Waals surface area contributed by atoms with Crippen LogP contribution in [0.5, 0.6) is 11.6 Å². The molecule has 0 aliphatic heterocycles. The molecule has 0 aliphatic rings. The smallest absolute Gasteiger partial charge is 0.421 e. The number of pyridine rings is 1. The Morgan fingerprint density at radius 1 is 1.10 bits per heavy atom. The predicted molar refractivity (Wildman–Crippen MR) is 60.1 cm³/mol. The van der Waals surface area contributed by atoms with Crippen LogP contribution in [0.25, 0.3) is 0 Å². The van der Waals surface area contributed by atoms with E-state index in [9.17, 15) is 22.0 Å². The summed E-state index contributed by atoms with van der Waals surface area (Å²) in [6.07, 6.45) is -3.67. The molecule has 106 valence electrons. The Balaban J connectivity index is 2.43. The zero-order chi connectivity index (χ0) is 14.9. The minimum atomic E-state index is -4.72. The van der Waals surface area contributed by atoms with Crippen molar-refractivity contribution in [2.45, 2.75) is 6.18 Å². The number of alkyl halides is 3. The largest absolute Gasteiger partial charge is 0.435 e. The molecule has 1 aromatic carbocycles. The van der Waals surface area contributed by atoms with Crippen molar-refractivity contribution < 1.29 is 26.7 Å². The molecule has 0 atom stereocenters. The van der Waals surface area contributed by atoms with Gasteiger partial charge in [0.1, 0.15) is 11.4 Å². The molecule has 0 spiro atoms. The van der Waals surface area contributed by atoms with Crippen LogP contribution in [0.3, 0.4) is 0 Å². The molecule has 2 aromatic rings.